The van der Waals surface area contributed by atoms with E-state index in [0.717, 1.165) is 19.3 Å². The summed E-state index contributed by atoms with van der Waals surface area (Å²) in [6, 6.07) is 0. The van der Waals surface area contributed by atoms with Crippen LogP contribution in [0.25, 0.3) is 0 Å². The molecule has 1 aliphatic carbocycles. The Kier molecular flexibility index (Phi) is 4.89. The second kappa shape index (κ2) is 6.93. The minimum Gasteiger partial charge on any atom is -0.477 e. The van der Waals surface area contributed by atoms with E-state index in [2.05, 4.69) is 23.8 Å². The number of ether oxygens (including phenoxy) is 2. The van der Waals surface area contributed by atoms with E-state index in [1.165, 1.54) is 12.6 Å². The average Bonchev–Trinajstić information content (AvgIpc) is 2.54. The van der Waals surface area contributed by atoms with Crippen LogP contribution in [0, 0.1) is 5.41 Å². The summed E-state index contributed by atoms with van der Waals surface area (Å²) in [5.41, 5.74) is 0.238. The molecule has 1 aromatic rings. The SMILES string of the molecule is CC1(C)CCCC(Oc2nc(N3CCOCC3)ncc2C(=O)O)C1. The molecular formula is C17H25N3O4. The number of hydrogen-bond acceptors (Lipinski definition) is 6. The molecule has 1 saturated heterocycles. The van der Waals surface area contributed by atoms with E-state index in [0.29, 0.717) is 32.3 Å². The van der Waals surface area contributed by atoms with E-state index in [1.807, 2.05) is 4.90 Å². The van der Waals surface area contributed by atoms with E-state index in [4.69, 9.17) is 9.47 Å². The molecule has 2 aliphatic rings. The summed E-state index contributed by atoms with van der Waals surface area (Å²) < 4.78 is 11.4. The molecule has 1 unspecified atom stereocenters. The molecule has 0 spiro atoms. The molecule has 132 valence electrons. The van der Waals surface area contributed by atoms with Crippen molar-refractivity contribution in [2.24, 2.45) is 5.41 Å². The quantitative estimate of drug-likeness (QED) is 0.904. The molecule has 1 atom stereocenters. The Labute approximate surface area is 142 Å². The summed E-state index contributed by atoms with van der Waals surface area (Å²) in [5.74, 6) is -0.372. The molecule has 3 rings (SSSR count). The lowest BCUT2D eigenvalue weighted by molar-refractivity contribution is 0.0652. The smallest absolute Gasteiger partial charge is 0.342 e. The van der Waals surface area contributed by atoms with Gasteiger partial charge in [-0.3, -0.25) is 0 Å². The van der Waals surface area contributed by atoms with Crippen LogP contribution in [0.15, 0.2) is 6.20 Å². The third-order valence-corrected chi connectivity index (χ3v) is 4.70. The first-order valence-electron chi connectivity index (χ1n) is 8.54. The number of hydrogen-bond donors (Lipinski definition) is 1. The molecule has 1 aromatic heterocycles. The molecule has 24 heavy (non-hydrogen) atoms. The Balaban J connectivity index is 1.82. The van der Waals surface area contributed by atoms with Gasteiger partial charge in [-0.15, -0.1) is 0 Å². The Morgan fingerprint density at radius 3 is 2.83 bits per heavy atom. The Morgan fingerprint density at radius 2 is 2.17 bits per heavy atom. The highest BCUT2D eigenvalue weighted by Crippen LogP contribution is 2.37. The molecule has 0 radical (unpaired) electrons. The summed E-state index contributed by atoms with van der Waals surface area (Å²) in [7, 11) is 0. The molecule has 1 aliphatic heterocycles. The van der Waals surface area contributed by atoms with Gasteiger partial charge in [0.15, 0.2) is 0 Å². The first-order valence-corrected chi connectivity index (χ1v) is 8.54. The van der Waals surface area contributed by atoms with E-state index in [-0.39, 0.29) is 23.0 Å². The third-order valence-electron chi connectivity index (χ3n) is 4.70. The van der Waals surface area contributed by atoms with Crippen molar-refractivity contribution in [3.05, 3.63) is 11.8 Å². The van der Waals surface area contributed by atoms with E-state index in [9.17, 15) is 9.90 Å². The minimum atomic E-state index is -1.06. The molecule has 0 bridgehead atoms. The van der Waals surface area contributed by atoms with Crippen molar-refractivity contribution in [2.75, 3.05) is 31.2 Å². The zero-order valence-electron chi connectivity index (χ0n) is 14.3. The normalized spacial score (nSPS) is 23.8. The summed E-state index contributed by atoms with van der Waals surface area (Å²) in [6.07, 6.45) is 5.44. The fourth-order valence-electron chi connectivity index (χ4n) is 3.40. The van der Waals surface area contributed by atoms with E-state index in [1.54, 1.807) is 0 Å². The summed E-state index contributed by atoms with van der Waals surface area (Å²) in [4.78, 5) is 22.1. The van der Waals surface area contributed by atoms with E-state index < -0.39 is 5.97 Å². The van der Waals surface area contributed by atoms with Crippen LogP contribution in [0.1, 0.15) is 49.9 Å². The molecule has 2 fully saturated rings. The van der Waals surface area contributed by atoms with Crippen LogP contribution in [0.4, 0.5) is 5.95 Å². The summed E-state index contributed by atoms with van der Waals surface area (Å²) in [6.45, 7) is 7.08. The zero-order chi connectivity index (χ0) is 17.2. The number of carbonyl (C=O) groups is 1. The Hall–Kier alpha value is -1.89. The lowest BCUT2D eigenvalue weighted by Gasteiger charge is -2.35. The molecule has 2 heterocycles. The predicted molar refractivity (Wildman–Crippen MR) is 88.7 cm³/mol. The number of morpholine rings is 1. The lowest BCUT2D eigenvalue weighted by atomic mass is 9.76. The fourth-order valence-corrected chi connectivity index (χ4v) is 3.40. The number of nitrogens with zero attached hydrogens (tertiary/aromatic N) is 3. The standard InChI is InChI=1S/C17H25N3O4/c1-17(2)5-3-4-12(10-17)24-14-13(15(21)22)11-18-16(19-14)20-6-8-23-9-7-20/h11-12H,3-10H2,1-2H3,(H,21,22). The van der Waals surface area contributed by atoms with Gasteiger partial charge in [-0.2, -0.15) is 4.98 Å². The van der Waals surface area contributed by atoms with Gasteiger partial charge in [-0.25, -0.2) is 9.78 Å². The maximum Gasteiger partial charge on any atom is 0.342 e. The number of carboxylic acid groups (broad SMARTS) is 1. The van der Waals surface area contributed by atoms with Gasteiger partial charge in [-0.05, 0) is 31.1 Å². The highest BCUT2D eigenvalue weighted by atomic mass is 16.5. The molecule has 7 heteroatoms. The van der Waals surface area contributed by atoms with Crippen LogP contribution < -0.4 is 9.64 Å². The monoisotopic (exact) mass is 335 g/mol. The second-order valence-electron chi connectivity index (χ2n) is 7.29. The number of aromatic nitrogens is 2. The van der Waals surface area contributed by atoms with Gasteiger partial charge in [0, 0.05) is 13.1 Å². The zero-order valence-corrected chi connectivity index (χ0v) is 14.3. The molecule has 0 amide bonds. The van der Waals surface area contributed by atoms with Crippen molar-refractivity contribution in [2.45, 2.75) is 45.6 Å². The minimum absolute atomic E-state index is 0.000658. The number of carboxylic acids is 1. The highest BCUT2D eigenvalue weighted by Gasteiger charge is 2.31. The topological polar surface area (TPSA) is 84.8 Å². The van der Waals surface area contributed by atoms with Crippen LogP contribution in [0.5, 0.6) is 5.88 Å². The maximum absolute atomic E-state index is 11.5. The van der Waals surface area contributed by atoms with E-state index >= 15 is 0 Å². The first-order chi connectivity index (χ1) is 11.4. The molecule has 0 aromatic carbocycles. The molecule has 7 nitrogen and oxygen atoms in total. The van der Waals surface area contributed by atoms with Gasteiger partial charge in [0.1, 0.15) is 11.7 Å². The molecule has 1 N–H and O–H groups in total. The largest absolute Gasteiger partial charge is 0.477 e. The first kappa shape index (κ1) is 17.0. The fraction of sp³-hybridized carbons (Fsp3) is 0.706. The van der Waals surface area contributed by atoms with Crippen LogP contribution in [-0.2, 0) is 4.74 Å². The van der Waals surface area contributed by atoms with Crippen molar-refractivity contribution in [1.29, 1.82) is 0 Å². The predicted octanol–water partition coefficient (Wildman–Crippen LogP) is 2.36. The van der Waals surface area contributed by atoms with Crippen LogP contribution in [0.2, 0.25) is 0 Å². The number of rotatable bonds is 4. The number of aromatic carboxylic acids is 1. The third kappa shape index (κ3) is 3.95. The highest BCUT2D eigenvalue weighted by molar-refractivity contribution is 5.89. The second-order valence-corrected chi connectivity index (χ2v) is 7.29. The lowest BCUT2D eigenvalue weighted by Crippen LogP contribution is -2.37. The molecule has 1 saturated carbocycles. The Bertz CT molecular complexity index is 599. The summed E-state index contributed by atoms with van der Waals surface area (Å²) in [5, 5.41) is 9.41. The van der Waals surface area contributed by atoms with Crippen molar-refractivity contribution in [3.63, 3.8) is 0 Å². The summed E-state index contributed by atoms with van der Waals surface area (Å²) >= 11 is 0. The van der Waals surface area contributed by atoms with Crippen LogP contribution in [0.3, 0.4) is 0 Å². The van der Waals surface area contributed by atoms with Gasteiger partial charge in [0.25, 0.3) is 0 Å². The van der Waals surface area contributed by atoms with Crippen LogP contribution in [-0.4, -0.2) is 53.5 Å². The molecular weight excluding hydrogens is 310 g/mol. The van der Waals surface area contributed by atoms with Gasteiger partial charge >= 0.3 is 5.97 Å². The van der Waals surface area contributed by atoms with Crippen molar-refractivity contribution >= 4 is 11.9 Å². The van der Waals surface area contributed by atoms with Crippen molar-refractivity contribution < 1.29 is 19.4 Å². The average molecular weight is 335 g/mol. The number of anilines is 1. The van der Waals surface area contributed by atoms with Gasteiger partial charge in [-0.1, -0.05) is 13.8 Å². The Morgan fingerprint density at radius 1 is 1.42 bits per heavy atom. The van der Waals surface area contributed by atoms with Gasteiger partial charge < -0.3 is 19.5 Å². The van der Waals surface area contributed by atoms with Crippen molar-refractivity contribution in [1.82, 2.24) is 9.97 Å². The van der Waals surface area contributed by atoms with Gasteiger partial charge in [0.2, 0.25) is 11.8 Å². The van der Waals surface area contributed by atoms with Crippen LogP contribution >= 0.6 is 0 Å². The van der Waals surface area contributed by atoms with Crippen molar-refractivity contribution in [3.8, 4) is 5.88 Å². The van der Waals surface area contributed by atoms with Gasteiger partial charge in [0.05, 0.1) is 19.4 Å². The maximum atomic E-state index is 11.5.